The number of likely N-dealkylation sites (tertiary alicyclic amines) is 1. The van der Waals surface area contributed by atoms with Gasteiger partial charge < -0.3 is 4.90 Å². The number of rotatable bonds is 2. The van der Waals surface area contributed by atoms with Crippen LogP contribution in [-0.2, 0) is 4.79 Å². The number of hydrogen-bond acceptors (Lipinski definition) is 2. The lowest BCUT2D eigenvalue weighted by molar-refractivity contribution is -0.119. The fourth-order valence-electron chi connectivity index (χ4n) is 1.79. The maximum Gasteiger partial charge on any atom is 0.324 e. The lowest BCUT2D eigenvalue weighted by Crippen LogP contribution is -2.48. The number of alkyl halides is 1. The van der Waals surface area contributed by atoms with Crippen molar-refractivity contribution in [3.05, 3.63) is 0 Å². The molecule has 0 bridgehead atoms. The predicted octanol–water partition coefficient (Wildman–Crippen LogP) is 1.83. The molecule has 1 heterocycles. The number of nitrogens with zero attached hydrogens (tertiary/aromatic N) is 1. The van der Waals surface area contributed by atoms with E-state index in [1.165, 1.54) is 0 Å². The van der Waals surface area contributed by atoms with Crippen LogP contribution in [0.5, 0.6) is 0 Å². The Morgan fingerprint density at radius 3 is 2.62 bits per heavy atom. The lowest BCUT2D eigenvalue weighted by atomic mass is 9.89. The number of amides is 3. The summed E-state index contributed by atoms with van der Waals surface area (Å²) < 4.78 is 0. The molecule has 1 saturated heterocycles. The van der Waals surface area contributed by atoms with Crippen molar-refractivity contribution in [1.82, 2.24) is 10.2 Å². The van der Waals surface area contributed by atoms with Gasteiger partial charge in [0.1, 0.15) is 0 Å². The van der Waals surface area contributed by atoms with Crippen LogP contribution in [0, 0.1) is 11.8 Å². The van der Waals surface area contributed by atoms with Gasteiger partial charge in [-0.15, -0.1) is 11.6 Å². The largest absolute Gasteiger partial charge is 0.324 e. The zero-order chi connectivity index (χ0) is 12.1. The fraction of sp³-hybridized carbons (Fsp3) is 0.818. The summed E-state index contributed by atoms with van der Waals surface area (Å²) in [7, 11) is 0. The van der Waals surface area contributed by atoms with Crippen molar-refractivity contribution in [1.29, 1.82) is 0 Å². The minimum absolute atomic E-state index is 0.188. The Kier molecular flexibility index (Phi) is 5.06. The molecule has 0 saturated carbocycles. The molecule has 5 heteroatoms. The number of hydrogen-bond donors (Lipinski definition) is 1. The SMILES string of the molecule is CC1CCN(C(=O)NC(=O)CCCl)CC1C. The van der Waals surface area contributed by atoms with Crippen LogP contribution < -0.4 is 5.32 Å². The quantitative estimate of drug-likeness (QED) is 0.756. The lowest BCUT2D eigenvalue weighted by Gasteiger charge is -2.34. The van der Waals surface area contributed by atoms with Crippen LogP contribution in [0.4, 0.5) is 4.79 Å². The van der Waals surface area contributed by atoms with E-state index in [4.69, 9.17) is 11.6 Å². The second kappa shape index (κ2) is 6.09. The molecule has 1 rings (SSSR count). The van der Waals surface area contributed by atoms with E-state index >= 15 is 0 Å². The number of imide groups is 1. The van der Waals surface area contributed by atoms with Crippen molar-refractivity contribution in [2.45, 2.75) is 26.7 Å². The van der Waals surface area contributed by atoms with Crippen LogP contribution in [0.2, 0.25) is 0 Å². The number of carbonyl (C=O) groups excluding carboxylic acids is 2. The van der Waals surface area contributed by atoms with Crippen molar-refractivity contribution >= 4 is 23.5 Å². The second-order valence-corrected chi connectivity index (χ2v) is 4.86. The van der Waals surface area contributed by atoms with Gasteiger partial charge in [-0.1, -0.05) is 13.8 Å². The van der Waals surface area contributed by atoms with Crippen LogP contribution >= 0.6 is 11.6 Å². The van der Waals surface area contributed by atoms with Gasteiger partial charge in [0.2, 0.25) is 5.91 Å². The molecule has 0 aromatic carbocycles. The molecule has 1 aliphatic rings. The molecule has 0 aromatic heterocycles. The molecule has 0 spiro atoms. The summed E-state index contributed by atoms with van der Waals surface area (Å²) in [4.78, 5) is 24.6. The molecule has 1 fully saturated rings. The molecule has 2 atom stereocenters. The van der Waals surface area contributed by atoms with E-state index < -0.39 is 0 Å². The monoisotopic (exact) mass is 246 g/mol. The summed E-state index contributed by atoms with van der Waals surface area (Å²) in [6.45, 7) is 5.77. The third kappa shape index (κ3) is 3.67. The fourth-order valence-corrected chi connectivity index (χ4v) is 1.97. The van der Waals surface area contributed by atoms with Crippen molar-refractivity contribution in [3.8, 4) is 0 Å². The van der Waals surface area contributed by atoms with Crippen molar-refractivity contribution in [3.63, 3.8) is 0 Å². The third-order valence-corrected chi connectivity index (χ3v) is 3.38. The van der Waals surface area contributed by atoms with E-state index in [1.807, 2.05) is 0 Å². The number of piperidine rings is 1. The Labute approximate surface area is 101 Å². The average Bonchev–Trinajstić information content (AvgIpc) is 2.22. The molecule has 0 aromatic rings. The van der Waals surface area contributed by atoms with Gasteiger partial charge in [0, 0.05) is 25.4 Å². The zero-order valence-corrected chi connectivity index (χ0v) is 10.6. The van der Waals surface area contributed by atoms with Crippen LogP contribution in [-0.4, -0.2) is 35.8 Å². The second-order valence-electron chi connectivity index (χ2n) is 4.48. The molecule has 92 valence electrons. The Balaban J connectivity index is 2.40. The summed E-state index contributed by atoms with van der Waals surface area (Å²) in [6.07, 6.45) is 1.19. The zero-order valence-electron chi connectivity index (χ0n) is 9.83. The summed E-state index contributed by atoms with van der Waals surface area (Å²) in [5.41, 5.74) is 0. The Morgan fingerprint density at radius 2 is 2.06 bits per heavy atom. The van der Waals surface area contributed by atoms with Crippen LogP contribution in [0.25, 0.3) is 0 Å². The van der Waals surface area contributed by atoms with Crippen molar-refractivity contribution < 1.29 is 9.59 Å². The Morgan fingerprint density at radius 1 is 1.38 bits per heavy atom. The van der Waals surface area contributed by atoms with Crippen LogP contribution in [0.15, 0.2) is 0 Å². The molecular formula is C11H19ClN2O2. The molecule has 2 unspecified atom stereocenters. The van der Waals surface area contributed by atoms with E-state index in [0.717, 1.165) is 19.5 Å². The molecule has 3 amide bonds. The number of urea groups is 1. The van der Waals surface area contributed by atoms with E-state index in [-0.39, 0.29) is 24.2 Å². The molecule has 1 aliphatic heterocycles. The molecule has 4 nitrogen and oxygen atoms in total. The summed E-state index contributed by atoms with van der Waals surface area (Å²) >= 11 is 5.42. The van der Waals surface area contributed by atoms with Gasteiger partial charge in [0.25, 0.3) is 0 Å². The van der Waals surface area contributed by atoms with E-state index in [9.17, 15) is 9.59 Å². The first-order valence-corrected chi connectivity index (χ1v) is 6.22. The maximum atomic E-state index is 11.7. The minimum atomic E-state index is -0.300. The van der Waals surface area contributed by atoms with E-state index in [1.54, 1.807) is 4.90 Å². The van der Waals surface area contributed by atoms with Gasteiger partial charge in [-0.25, -0.2) is 4.79 Å². The first kappa shape index (κ1) is 13.3. The van der Waals surface area contributed by atoms with E-state index in [2.05, 4.69) is 19.2 Å². The molecule has 16 heavy (non-hydrogen) atoms. The van der Waals surface area contributed by atoms with Crippen molar-refractivity contribution in [2.75, 3.05) is 19.0 Å². The summed E-state index contributed by atoms with van der Waals surface area (Å²) in [5, 5.41) is 2.35. The van der Waals surface area contributed by atoms with Gasteiger partial charge in [-0.05, 0) is 18.3 Å². The highest BCUT2D eigenvalue weighted by Gasteiger charge is 2.26. The van der Waals surface area contributed by atoms with E-state index in [0.29, 0.717) is 11.8 Å². The molecule has 1 N–H and O–H groups in total. The highest BCUT2D eigenvalue weighted by Crippen LogP contribution is 2.22. The molecule has 0 radical (unpaired) electrons. The summed E-state index contributed by atoms with van der Waals surface area (Å²) in [5.74, 6) is 1.07. The topological polar surface area (TPSA) is 49.4 Å². The van der Waals surface area contributed by atoms with Crippen LogP contribution in [0.3, 0.4) is 0 Å². The average molecular weight is 247 g/mol. The first-order valence-electron chi connectivity index (χ1n) is 5.69. The van der Waals surface area contributed by atoms with Gasteiger partial charge in [-0.2, -0.15) is 0 Å². The number of halogens is 1. The molecule has 0 aliphatic carbocycles. The van der Waals surface area contributed by atoms with Crippen LogP contribution in [0.1, 0.15) is 26.7 Å². The van der Waals surface area contributed by atoms with Gasteiger partial charge in [-0.3, -0.25) is 10.1 Å². The van der Waals surface area contributed by atoms with Gasteiger partial charge in [0.05, 0.1) is 0 Å². The highest BCUT2D eigenvalue weighted by molar-refractivity contribution is 6.19. The smallest absolute Gasteiger partial charge is 0.324 e. The Hall–Kier alpha value is -0.770. The predicted molar refractivity (Wildman–Crippen MR) is 63.4 cm³/mol. The normalized spacial score (nSPS) is 25.3. The van der Waals surface area contributed by atoms with Crippen molar-refractivity contribution in [2.24, 2.45) is 11.8 Å². The molecular weight excluding hydrogens is 228 g/mol. The number of nitrogens with one attached hydrogen (secondary N) is 1. The van der Waals surface area contributed by atoms with Gasteiger partial charge in [0.15, 0.2) is 0 Å². The third-order valence-electron chi connectivity index (χ3n) is 3.19. The summed E-state index contributed by atoms with van der Waals surface area (Å²) in [6, 6.07) is -0.283. The maximum absolute atomic E-state index is 11.7. The Bertz CT molecular complexity index is 271. The minimum Gasteiger partial charge on any atom is -0.324 e. The standard InChI is InChI=1S/C11H19ClN2O2/c1-8-4-6-14(7-9(8)2)11(16)13-10(15)3-5-12/h8-9H,3-7H2,1-2H3,(H,13,15,16). The number of carbonyl (C=O) groups is 2. The van der Waals surface area contributed by atoms with Gasteiger partial charge >= 0.3 is 6.03 Å². The highest BCUT2D eigenvalue weighted by atomic mass is 35.5. The first-order chi connectivity index (χ1) is 7.54.